The number of aliphatic hydroxyl groups excluding tert-OH is 1. The molecule has 1 aliphatic rings. The average molecular weight is 280 g/mol. The molecule has 20 heavy (non-hydrogen) atoms. The van der Waals surface area contributed by atoms with Crippen LogP contribution < -0.4 is 5.32 Å². The molecule has 1 fully saturated rings. The van der Waals surface area contributed by atoms with E-state index in [2.05, 4.69) is 5.32 Å². The van der Waals surface area contributed by atoms with Gasteiger partial charge in [0.2, 0.25) is 0 Å². The van der Waals surface area contributed by atoms with Gasteiger partial charge >= 0.3 is 0 Å². The van der Waals surface area contributed by atoms with E-state index in [0.717, 1.165) is 12.8 Å². The highest BCUT2D eigenvalue weighted by molar-refractivity contribution is 5.99. The molecular weight excluding hydrogens is 259 g/mol. The van der Waals surface area contributed by atoms with Gasteiger partial charge in [0.25, 0.3) is 5.91 Å². The van der Waals surface area contributed by atoms with Gasteiger partial charge in [-0.25, -0.2) is 4.39 Å². The summed E-state index contributed by atoms with van der Waals surface area (Å²) in [4.78, 5) is 14.2. The van der Waals surface area contributed by atoms with E-state index in [1.165, 1.54) is 6.07 Å². The second-order valence-electron chi connectivity index (χ2n) is 5.11. The maximum absolute atomic E-state index is 13.8. The first kappa shape index (κ1) is 14.8. The number of benzene rings is 1. The van der Waals surface area contributed by atoms with Crippen molar-refractivity contribution in [2.45, 2.75) is 19.8 Å². The Hall–Kier alpha value is -1.62. The van der Waals surface area contributed by atoms with E-state index in [1.54, 1.807) is 17.0 Å². The maximum Gasteiger partial charge on any atom is 0.256 e. The molecule has 5 heteroatoms. The largest absolute Gasteiger partial charge is 0.396 e. The molecule has 1 aromatic carbocycles. The van der Waals surface area contributed by atoms with Crippen molar-refractivity contribution in [1.82, 2.24) is 4.90 Å². The quantitative estimate of drug-likeness (QED) is 0.888. The number of hydrogen-bond acceptors (Lipinski definition) is 3. The highest BCUT2D eigenvalue weighted by Gasteiger charge is 2.25. The lowest BCUT2D eigenvalue weighted by Crippen LogP contribution is -2.39. The lowest BCUT2D eigenvalue weighted by molar-refractivity contribution is 0.0651. The molecule has 0 spiro atoms. The lowest BCUT2D eigenvalue weighted by atomic mass is 9.97. The van der Waals surface area contributed by atoms with Gasteiger partial charge in [-0.15, -0.1) is 0 Å². The van der Waals surface area contributed by atoms with E-state index in [0.29, 0.717) is 25.2 Å². The van der Waals surface area contributed by atoms with Crippen LogP contribution in [0.3, 0.4) is 0 Å². The molecule has 2 N–H and O–H groups in total. The highest BCUT2D eigenvalue weighted by atomic mass is 19.1. The molecule has 0 bridgehead atoms. The molecule has 0 radical (unpaired) electrons. The molecule has 1 aliphatic heterocycles. The van der Waals surface area contributed by atoms with E-state index in [4.69, 9.17) is 5.11 Å². The smallest absolute Gasteiger partial charge is 0.256 e. The highest BCUT2D eigenvalue weighted by Crippen LogP contribution is 2.24. The second kappa shape index (κ2) is 6.70. The molecule has 110 valence electrons. The number of anilines is 1. The maximum atomic E-state index is 13.8. The molecule has 1 aromatic rings. The Kier molecular flexibility index (Phi) is 4.95. The zero-order valence-corrected chi connectivity index (χ0v) is 11.7. The Morgan fingerprint density at radius 3 is 2.75 bits per heavy atom. The van der Waals surface area contributed by atoms with Gasteiger partial charge in [0.05, 0.1) is 11.3 Å². The lowest BCUT2D eigenvalue weighted by Gasteiger charge is -2.31. The number of piperidine rings is 1. The number of nitrogens with zero attached hydrogens (tertiary/aromatic N) is 1. The first-order valence-electron chi connectivity index (χ1n) is 7.09. The number of likely N-dealkylation sites (tertiary alicyclic amines) is 1. The van der Waals surface area contributed by atoms with Gasteiger partial charge in [-0.2, -0.15) is 0 Å². The average Bonchev–Trinajstić information content (AvgIpc) is 2.49. The topological polar surface area (TPSA) is 52.6 Å². The van der Waals surface area contributed by atoms with Crippen molar-refractivity contribution in [3.05, 3.63) is 29.6 Å². The van der Waals surface area contributed by atoms with E-state index in [9.17, 15) is 9.18 Å². The molecule has 0 aromatic heterocycles. The number of amides is 1. The van der Waals surface area contributed by atoms with Crippen LogP contribution in [0.5, 0.6) is 0 Å². The van der Waals surface area contributed by atoms with E-state index in [1.807, 2.05) is 6.92 Å². The Morgan fingerprint density at radius 1 is 1.45 bits per heavy atom. The van der Waals surface area contributed by atoms with Gasteiger partial charge in [-0.3, -0.25) is 4.79 Å². The first-order valence-corrected chi connectivity index (χ1v) is 7.09. The van der Waals surface area contributed by atoms with Gasteiger partial charge in [0.15, 0.2) is 0 Å². The second-order valence-corrected chi connectivity index (χ2v) is 5.11. The Balaban J connectivity index is 2.15. The summed E-state index contributed by atoms with van der Waals surface area (Å²) in [5.74, 6) is -0.264. The number of carbonyl (C=O) groups excluding carboxylic acids is 1. The summed E-state index contributed by atoms with van der Waals surface area (Å²) in [5.41, 5.74) is 0.665. The number of rotatable bonds is 4. The van der Waals surface area contributed by atoms with Crippen LogP contribution in [0.4, 0.5) is 10.1 Å². The third-order valence-corrected chi connectivity index (χ3v) is 3.76. The molecular formula is C15H21FN2O2. The van der Waals surface area contributed by atoms with Crippen LogP contribution in [-0.2, 0) is 0 Å². The summed E-state index contributed by atoms with van der Waals surface area (Å²) in [6, 6.07) is 4.57. The monoisotopic (exact) mass is 280 g/mol. The van der Waals surface area contributed by atoms with Gasteiger partial charge in [-0.05, 0) is 37.8 Å². The van der Waals surface area contributed by atoms with E-state index < -0.39 is 5.82 Å². The predicted molar refractivity (Wildman–Crippen MR) is 76.3 cm³/mol. The number of halogens is 1. The van der Waals surface area contributed by atoms with Crippen molar-refractivity contribution in [3.63, 3.8) is 0 Å². The van der Waals surface area contributed by atoms with Crippen LogP contribution in [0, 0.1) is 11.7 Å². The zero-order chi connectivity index (χ0) is 14.5. The van der Waals surface area contributed by atoms with Gasteiger partial charge < -0.3 is 15.3 Å². The van der Waals surface area contributed by atoms with Crippen LogP contribution in [0.1, 0.15) is 30.1 Å². The Morgan fingerprint density at radius 2 is 2.15 bits per heavy atom. The number of hydrogen-bond donors (Lipinski definition) is 2. The summed E-state index contributed by atoms with van der Waals surface area (Å²) >= 11 is 0. The normalized spacial score (nSPS) is 16.2. The first-order chi connectivity index (χ1) is 9.67. The molecule has 0 aliphatic carbocycles. The molecule has 0 atom stereocenters. The SMILES string of the molecule is CCNc1c(F)cccc1C(=O)N1CCC(CO)CC1. The Bertz CT molecular complexity index is 471. The van der Waals surface area contributed by atoms with Crippen molar-refractivity contribution < 1.29 is 14.3 Å². The number of carbonyl (C=O) groups is 1. The predicted octanol–water partition coefficient (Wildman–Crippen LogP) is 2.10. The van der Waals surface area contributed by atoms with Crippen LogP contribution >= 0.6 is 0 Å². The van der Waals surface area contributed by atoms with Crippen LogP contribution in [0.25, 0.3) is 0 Å². The molecule has 1 amide bonds. The summed E-state index contributed by atoms with van der Waals surface area (Å²) in [5, 5.41) is 12.0. The van der Waals surface area contributed by atoms with Crippen molar-refractivity contribution in [2.24, 2.45) is 5.92 Å². The zero-order valence-electron chi connectivity index (χ0n) is 11.7. The van der Waals surface area contributed by atoms with Crippen LogP contribution in [-0.4, -0.2) is 42.2 Å². The molecule has 2 rings (SSSR count). The van der Waals surface area contributed by atoms with Gasteiger partial charge in [0, 0.05) is 26.2 Å². The summed E-state index contributed by atoms with van der Waals surface area (Å²) in [7, 11) is 0. The third kappa shape index (κ3) is 3.10. The van der Waals surface area contributed by atoms with E-state index in [-0.39, 0.29) is 24.1 Å². The number of aliphatic hydroxyl groups is 1. The van der Waals surface area contributed by atoms with Crippen molar-refractivity contribution in [3.8, 4) is 0 Å². The van der Waals surface area contributed by atoms with Crippen molar-refractivity contribution in [1.29, 1.82) is 0 Å². The van der Waals surface area contributed by atoms with Gasteiger partial charge in [-0.1, -0.05) is 6.07 Å². The molecule has 4 nitrogen and oxygen atoms in total. The van der Waals surface area contributed by atoms with Crippen LogP contribution in [0.15, 0.2) is 18.2 Å². The third-order valence-electron chi connectivity index (χ3n) is 3.76. The minimum Gasteiger partial charge on any atom is -0.396 e. The summed E-state index contributed by atoms with van der Waals surface area (Å²) in [6.45, 7) is 3.84. The fourth-order valence-electron chi connectivity index (χ4n) is 2.55. The summed E-state index contributed by atoms with van der Waals surface area (Å²) < 4.78 is 13.8. The molecule has 1 saturated heterocycles. The fraction of sp³-hybridized carbons (Fsp3) is 0.533. The minimum atomic E-state index is -0.400. The number of nitrogens with one attached hydrogen (secondary N) is 1. The van der Waals surface area contributed by atoms with Crippen LogP contribution in [0.2, 0.25) is 0 Å². The van der Waals surface area contributed by atoms with Crippen molar-refractivity contribution >= 4 is 11.6 Å². The van der Waals surface area contributed by atoms with E-state index >= 15 is 0 Å². The van der Waals surface area contributed by atoms with Crippen molar-refractivity contribution in [2.75, 3.05) is 31.6 Å². The van der Waals surface area contributed by atoms with Gasteiger partial charge in [0.1, 0.15) is 5.82 Å². The standard InChI is InChI=1S/C15H21FN2O2/c1-2-17-14-12(4-3-5-13(14)16)15(20)18-8-6-11(10-19)7-9-18/h3-5,11,17,19H,2,6-10H2,1H3. The fourth-order valence-corrected chi connectivity index (χ4v) is 2.55. The number of para-hydroxylation sites is 1. The minimum absolute atomic E-state index is 0.142. The Labute approximate surface area is 118 Å². The molecule has 0 saturated carbocycles. The molecule has 1 heterocycles. The summed E-state index contributed by atoms with van der Waals surface area (Å²) in [6.07, 6.45) is 1.60. The molecule has 0 unspecified atom stereocenters.